The Labute approximate surface area is 106 Å². The maximum absolute atomic E-state index is 12.0. The summed E-state index contributed by atoms with van der Waals surface area (Å²) in [5.41, 5.74) is 9.26. The van der Waals surface area contributed by atoms with Crippen molar-refractivity contribution in [3.05, 3.63) is 53.3 Å². The van der Waals surface area contributed by atoms with Crippen molar-refractivity contribution >= 4 is 17.3 Å². The van der Waals surface area contributed by atoms with Crippen molar-refractivity contribution in [3.63, 3.8) is 0 Å². The lowest BCUT2D eigenvalue weighted by Crippen LogP contribution is -2.14. The first-order chi connectivity index (χ1) is 8.56. The van der Waals surface area contributed by atoms with Gasteiger partial charge >= 0.3 is 0 Å². The van der Waals surface area contributed by atoms with Crippen molar-refractivity contribution in [1.82, 2.24) is 4.98 Å². The number of rotatable bonds is 2. The molecule has 92 valence electrons. The number of nitrogens with zero attached hydrogens (tertiary/aromatic N) is 1. The zero-order valence-corrected chi connectivity index (χ0v) is 10.4. The van der Waals surface area contributed by atoms with E-state index in [1.807, 2.05) is 38.1 Å². The minimum Gasteiger partial charge on any atom is -0.398 e. The van der Waals surface area contributed by atoms with Gasteiger partial charge in [0, 0.05) is 23.3 Å². The fraction of sp³-hybridized carbons (Fsp3) is 0.143. The molecule has 1 heterocycles. The largest absolute Gasteiger partial charge is 0.398 e. The summed E-state index contributed by atoms with van der Waals surface area (Å²) in [7, 11) is 0. The molecule has 0 aliphatic rings. The highest BCUT2D eigenvalue weighted by Gasteiger charge is 2.10. The van der Waals surface area contributed by atoms with Gasteiger partial charge in [-0.05, 0) is 37.6 Å². The molecule has 0 atom stereocenters. The first-order valence-corrected chi connectivity index (χ1v) is 5.66. The summed E-state index contributed by atoms with van der Waals surface area (Å²) in [6.07, 6.45) is 1.50. The van der Waals surface area contributed by atoms with Gasteiger partial charge in [-0.3, -0.25) is 9.78 Å². The standard InChI is InChI=1S/C14H15N3O/c1-9-4-3-5-11(6-9)17-14(18)12-8-16-10(2)7-13(12)15/h3-8H,1-2H3,(H2,15,16)(H,17,18). The van der Waals surface area contributed by atoms with Gasteiger partial charge in [-0.1, -0.05) is 12.1 Å². The van der Waals surface area contributed by atoms with Crippen molar-refractivity contribution in [1.29, 1.82) is 0 Å². The number of carbonyl (C=O) groups is 1. The van der Waals surface area contributed by atoms with E-state index in [2.05, 4.69) is 10.3 Å². The minimum absolute atomic E-state index is 0.245. The van der Waals surface area contributed by atoms with Gasteiger partial charge < -0.3 is 11.1 Å². The zero-order chi connectivity index (χ0) is 13.1. The Morgan fingerprint density at radius 1 is 1.28 bits per heavy atom. The summed E-state index contributed by atoms with van der Waals surface area (Å²) in [4.78, 5) is 16.1. The van der Waals surface area contributed by atoms with E-state index in [1.165, 1.54) is 6.20 Å². The zero-order valence-electron chi connectivity index (χ0n) is 10.4. The number of aryl methyl sites for hydroxylation is 2. The molecule has 0 saturated carbocycles. The first kappa shape index (κ1) is 12.1. The maximum atomic E-state index is 12.0. The lowest BCUT2D eigenvalue weighted by molar-refractivity contribution is 0.102. The van der Waals surface area contributed by atoms with Crippen LogP contribution >= 0.6 is 0 Å². The molecule has 0 unspecified atom stereocenters. The van der Waals surface area contributed by atoms with Crippen LogP contribution in [0.1, 0.15) is 21.6 Å². The van der Waals surface area contributed by atoms with E-state index in [4.69, 9.17) is 5.73 Å². The number of amides is 1. The molecule has 1 aromatic heterocycles. The molecule has 4 heteroatoms. The van der Waals surface area contributed by atoms with Crippen LogP contribution in [-0.2, 0) is 0 Å². The number of pyridine rings is 1. The van der Waals surface area contributed by atoms with Crippen LogP contribution in [0.5, 0.6) is 0 Å². The predicted octanol–water partition coefficient (Wildman–Crippen LogP) is 2.53. The van der Waals surface area contributed by atoms with E-state index in [-0.39, 0.29) is 5.91 Å². The molecular formula is C14H15N3O. The number of hydrogen-bond acceptors (Lipinski definition) is 3. The van der Waals surface area contributed by atoms with Crippen molar-refractivity contribution in [2.24, 2.45) is 0 Å². The molecule has 0 bridgehead atoms. The maximum Gasteiger partial charge on any atom is 0.259 e. The fourth-order valence-electron chi connectivity index (χ4n) is 1.69. The molecule has 0 aliphatic carbocycles. The van der Waals surface area contributed by atoms with Gasteiger partial charge in [-0.15, -0.1) is 0 Å². The Bertz CT molecular complexity index is 593. The topological polar surface area (TPSA) is 68.0 Å². The molecule has 4 nitrogen and oxygen atoms in total. The molecule has 0 spiro atoms. The van der Waals surface area contributed by atoms with Crippen LogP contribution in [0, 0.1) is 13.8 Å². The lowest BCUT2D eigenvalue weighted by atomic mass is 10.2. The Morgan fingerprint density at radius 2 is 2.06 bits per heavy atom. The second kappa shape index (κ2) is 4.87. The Hall–Kier alpha value is -2.36. The smallest absolute Gasteiger partial charge is 0.259 e. The highest BCUT2D eigenvalue weighted by atomic mass is 16.1. The summed E-state index contributed by atoms with van der Waals surface area (Å²) in [5, 5.41) is 2.80. The van der Waals surface area contributed by atoms with E-state index in [0.29, 0.717) is 11.3 Å². The minimum atomic E-state index is -0.245. The number of nitrogens with two attached hydrogens (primary N) is 1. The van der Waals surface area contributed by atoms with Gasteiger partial charge in [0.2, 0.25) is 0 Å². The number of nitrogen functional groups attached to an aromatic ring is 1. The second-order valence-electron chi connectivity index (χ2n) is 4.24. The Morgan fingerprint density at radius 3 is 2.72 bits per heavy atom. The summed E-state index contributed by atoms with van der Waals surface area (Å²) in [6, 6.07) is 9.28. The molecule has 0 radical (unpaired) electrons. The van der Waals surface area contributed by atoms with Crippen LogP contribution in [0.2, 0.25) is 0 Å². The first-order valence-electron chi connectivity index (χ1n) is 5.66. The van der Waals surface area contributed by atoms with Gasteiger partial charge in [0.1, 0.15) is 0 Å². The number of nitrogens with one attached hydrogen (secondary N) is 1. The highest BCUT2D eigenvalue weighted by Crippen LogP contribution is 2.15. The van der Waals surface area contributed by atoms with Crippen LogP contribution in [0.25, 0.3) is 0 Å². The highest BCUT2D eigenvalue weighted by molar-refractivity contribution is 6.07. The molecule has 0 aliphatic heterocycles. The monoisotopic (exact) mass is 241 g/mol. The quantitative estimate of drug-likeness (QED) is 0.849. The number of carbonyl (C=O) groups excluding carboxylic acids is 1. The van der Waals surface area contributed by atoms with Gasteiger partial charge in [0.25, 0.3) is 5.91 Å². The molecule has 2 rings (SSSR count). The fourth-order valence-corrected chi connectivity index (χ4v) is 1.69. The third kappa shape index (κ3) is 2.66. The third-order valence-corrected chi connectivity index (χ3v) is 2.59. The number of hydrogen-bond donors (Lipinski definition) is 2. The average molecular weight is 241 g/mol. The van der Waals surface area contributed by atoms with E-state index in [0.717, 1.165) is 16.9 Å². The summed E-state index contributed by atoms with van der Waals surface area (Å²) in [6.45, 7) is 3.80. The number of aromatic nitrogens is 1. The van der Waals surface area contributed by atoms with Crippen LogP contribution in [-0.4, -0.2) is 10.9 Å². The predicted molar refractivity (Wildman–Crippen MR) is 72.5 cm³/mol. The van der Waals surface area contributed by atoms with Crippen LogP contribution < -0.4 is 11.1 Å². The summed E-state index contributed by atoms with van der Waals surface area (Å²) >= 11 is 0. The lowest BCUT2D eigenvalue weighted by Gasteiger charge is -2.08. The van der Waals surface area contributed by atoms with Crippen molar-refractivity contribution in [3.8, 4) is 0 Å². The van der Waals surface area contributed by atoms with Gasteiger partial charge in [-0.25, -0.2) is 0 Å². The Kier molecular flexibility index (Phi) is 3.28. The van der Waals surface area contributed by atoms with E-state index in [1.54, 1.807) is 6.07 Å². The van der Waals surface area contributed by atoms with E-state index < -0.39 is 0 Å². The normalized spacial score (nSPS) is 10.1. The van der Waals surface area contributed by atoms with Gasteiger partial charge in [-0.2, -0.15) is 0 Å². The van der Waals surface area contributed by atoms with E-state index >= 15 is 0 Å². The number of anilines is 2. The summed E-state index contributed by atoms with van der Waals surface area (Å²) < 4.78 is 0. The SMILES string of the molecule is Cc1cccc(NC(=O)c2cnc(C)cc2N)c1. The molecule has 0 saturated heterocycles. The van der Waals surface area contributed by atoms with Crippen molar-refractivity contribution < 1.29 is 4.79 Å². The number of benzene rings is 1. The summed E-state index contributed by atoms with van der Waals surface area (Å²) in [5.74, 6) is -0.245. The molecule has 18 heavy (non-hydrogen) atoms. The molecular weight excluding hydrogens is 226 g/mol. The van der Waals surface area contributed by atoms with Crippen molar-refractivity contribution in [2.45, 2.75) is 13.8 Å². The third-order valence-electron chi connectivity index (χ3n) is 2.59. The van der Waals surface area contributed by atoms with Gasteiger partial charge in [0.05, 0.1) is 5.56 Å². The second-order valence-corrected chi connectivity index (χ2v) is 4.24. The molecule has 2 aromatic rings. The molecule has 1 amide bonds. The van der Waals surface area contributed by atoms with Crippen LogP contribution in [0.3, 0.4) is 0 Å². The molecule has 1 aromatic carbocycles. The van der Waals surface area contributed by atoms with E-state index in [9.17, 15) is 4.79 Å². The molecule has 3 N–H and O–H groups in total. The average Bonchev–Trinajstić information content (AvgIpc) is 2.28. The van der Waals surface area contributed by atoms with Gasteiger partial charge in [0.15, 0.2) is 0 Å². The molecule has 0 fully saturated rings. The van der Waals surface area contributed by atoms with Crippen molar-refractivity contribution in [2.75, 3.05) is 11.1 Å². The Balaban J connectivity index is 2.22. The van der Waals surface area contributed by atoms with Crippen LogP contribution in [0.15, 0.2) is 36.5 Å². The van der Waals surface area contributed by atoms with Crippen LogP contribution in [0.4, 0.5) is 11.4 Å².